The summed E-state index contributed by atoms with van der Waals surface area (Å²) in [5, 5.41) is 19.1. The molecule has 28 heavy (non-hydrogen) atoms. The number of nitrogens with one attached hydrogen (secondary N) is 4. The zero-order valence-corrected chi connectivity index (χ0v) is 15.8. The number of hydrogen-bond acceptors (Lipinski definition) is 6. The van der Waals surface area contributed by atoms with E-state index in [0.29, 0.717) is 19.4 Å². The van der Waals surface area contributed by atoms with Crippen LogP contribution in [0, 0.1) is 0 Å². The van der Waals surface area contributed by atoms with Gasteiger partial charge in [-0.3, -0.25) is 24.0 Å². The molecule has 11 nitrogen and oxygen atoms in total. The van der Waals surface area contributed by atoms with Gasteiger partial charge in [0.1, 0.15) is 12.1 Å². The van der Waals surface area contributed by atoms with Crippen molar-refractivity contribution in [3.05, 3.63) is 0 Å². The van der Waals surface area contributed by atoms with Gasteiger partial charge in [-0.15, -0.1) is 0 Å². The van der Waals surface area contributed by atoms with E-state index < -0.39 is 29.9 Å². The summed E-state index contributed by atoms with van der Waals surface area (Å²) < 4.78 is 0. The van der Waals surface area contributed by atoms with Gasteiger partial charge in [0.2, 0.25) is 23.6 Å². The van der Waals surface area contributed by atoms with Gasteiger partial charge in [-0.25, -0.2) is 0 Å². The smallest absolute Gasteiger partial charge is 0.325 e. The lowest BCUT2D eigenvalue weighted by Gasteiger charge is -2.24. The van der Waals surface area contributed by atoms with Gasteiger partial charge in [0.05, 0.1) is 19.1 Å². The topological polar surface area (TPSA) is 157 Å². The van der Waals surface area contributed by atoms with E-state index in [-0.39, 0.29) is 30.9 Å². The molecule has 11 heteroatoms. The van der Waals surface area contributed by atoms with Crippen molar-refractivity contribution < 1.29 is 29.1 Å². The number of rotatable bonds is 8. The molecule has 2 heterocycles. The van der Waals surface area contributed by atoms with E-state index in [1.54, 1.807) is 0 Å². The monoisotopic (exact) mass is 397 g/mol. The van der Waals surface area contributed by atoms with E-state index in [1.807, 2.05) is 0 Å². The lowest BCUT2D eigenvalue weighted by Crippen LogP contribution is -2.52. The van der Waals surface area contributed by atoms with E-state index in [1.165, 1.54) is 11.8 Å². The lowest BCUT2D eigenvalue weighted by molar-refractivity contribution is -0.141. The molecule has 0 aromatic rings. The van der Waals surface area contributed by atoms with E-state index in [0.717, 1.165) is 19.4 Å². The first-order chi connectivity index (χ1) is 13.3. The number of aliphatic carboxylic acids is 1. The van der Waals surface area contributed by atoms with Crippen molar-refractivity contribution in [2.24, 2.45) is 0 Å². The van der Waals surface area contributed by atoms with Crippen LogP contribution in [0.4, 0.5) is 0 Å². The molecule has 2 fully saturated rings. The minimum absolute atomic E-state index is 0.183. The number of hydrogen-bond donors (Lipinski definition) is 5. The number of carbonyl (C=O) groups is 5. The van der Waals surface area contributed by atoms with Crippen LogP contribution in [0.3, 0.4) is 0 Å². The Hall–Kier alpha value is -2.69. The molecular formula is C17H27N5O6. The number of nitrogens with zero attached hydrogens (tertiary/aromatic N) is 1. The largest absolute Gasteiger partial charge is 0.480 e. The second kappa shape index (κ2) is 10.0. The lowest BCUT2D eigenvalue weighted by atomic mass is 10.2. The Morgan fingerprint density at radius 2 is 1.79 bits per heavy atom. The first kappa shape index (κ1) is 21.6. The zero-order chi connectivity index (χ0) is 20.7. The van der Waals surface area contributed by atoms with Crippen LogP contribution < -0.4 is 21.3 Å². The molecule has 4 amide bonds. The summed E-state index contributed by atoms with van der Waals surface area (Å²) in [6.07, 6.45) is 2.75. The third kappa shape index (κ3) is 5.91. The molecule has 2 aliphatic heterocycles. The number of amides is 4. The van der Waals surface area contributed by atoms with Crippen LogP contribution in [-0.2, 0) is 24.0 Å². The Labute approximate surface area is 162 Å². The van der Waals surface area contributed by atoms with Crippen LogP contribution in [0.1, 0.15) is 32.6 Å². The normalized spacial score (nSPS) is 22.4. The third-order valence-corrected chi connectivity index (χ3v) is 4.84. The molecule has 0 aliphatic carbocycles. The van der Waals surface area contributed by atoms with E-state index in [4.69, 9.17) is 5.11 Å². The fraction of sp³-hybridized carbons (Fsp3) is 0.706. The van der Waals surface area contributed by atoms with Gasteiger partial charge in [-0.1, -0.05) is 0 Å². The van der Waals surface area contributed by atoms with Crippen LogP contribution in [-0.4, -0.2) is 83.9 Å². The van der Waals surface area contributed by atoms with Gasteiger partial charge in [-0.05, 0) is 39.2 Å². The molecule has 2 aliphatic rings. The standard InChI is InChI=1S/C17H27N5O6/c1-10(17(27)28)21-13(23)8-19-16(26)12-5-3-7-22(12)14(24)9-20-15(25)11-4-2-6-18-11/h10-12,18H,2-9H2,1H3,(H,19,26)(H,20,25)(H,21,23)(H,27,28)/t10-,11-,12-/m0/s1. The number of carbonyl (C=O) groups excluding carboxylic acids is 4. The minimum Gasteiger partial charge on any atom is -0.480 e. The molecule has 0 radical (unpaired) electrons. The van der Waals surface area contributed by atoms with Gasteiger partial charge in [0.25, 0.3) is 0 Å². The SMILES string of the molecule is C[C@H](NC(=O)CNC(=O)[C@@H]1CCCN1C(=O)CNC(=O)[C@@H]1CCCN1)C(=O)O. The summed E-state index contributed by atoms with van der Waals surface area (Å²) in [5.41, 5.74) is 0. The number of carboxylic acids is 1. The van der Waals surface area contributed by atoms with Crippen LogP contribution in [0.2, 0.25) is 0 Å². The summed E-state index contributed by atoms with van der Waals surface area (Å²) in [7, 11) is 0. The average molecular weight is 397 g/mol. The second-order valence-electron chi connectivity index (χ2n) is 6.96. The molecule has 2 rings (SSSR count). The average Bonchev–Trinajstić information content (AvgIpc) is 3.35. The maximum Gasteiger partial charge on any atom is 0.325 e. The van der Waals surface area contributed by atoms with Crippen LogP contribution in [0.15, 0.2) is 0 Å². The Kier molecular flexibility index (Phi) is 7.73. The molecule has 0 unspecified atom stereocenters. The van der Waals surface area contributed by atoms with Crippen molar-refractivity contribution >= 4 is 29.6 Å². The molecule has 2 saturated heterocycles. The molecule has 156 valence electrons. The molecule has 0 spiro atoms. The van der Waals surface area contributed by atoms with E-state index >= 15 is 0 Å². The highest BCUT2D eigenvalue weighted by Crippen LogP contribution is 2.17. The predicted molar refractivity (Wildman–Crippen MR) is 97.0 cm³/mol. The van der Waals surface area contributed by atoms with Crippen LogP contribution in [0.5, 0.6) is 0 Å². The summed E-state index contributed by atoms with van der Waals surface area (Å²) in [6.45, 7) is 1.93. The van der Waals surface area contributed by atoms with Gasteiger partial charge in [0.15, 0.2) is 0 Å². The minimum atomic E-state index is -1.18. The predicted octanol–water partition coefficient (Wildman–Crippen LogP) is -2.45. The van der Waals surface area contributed by atoms with E-state index in [2.05, 4.69) is 21.3 Å². The van der Waals surface area contributed by atoms with E-state index in [9.17, 15) is 24.0 Å². The van der Waals surface area contributed by atoms with Gasteiger partial charge < -0.3 is 31.3 Å². The van der Waals surface area contributed by atoms with Gasteiger partial charge >= 0.3 is 5.97 Å². The van der Waals surface area contributed by atoms with Gasteiger partial charge in [-0.2, -0.15) is 0 Å². The highest BCUT2D eigenvalue weighted by molar-refractivity contribution is 5.93. The summed E-state index contributed by atoms with van der Waals surface area (Å²) in [4.78, 5) is 60.5. The maximum atomic E-state index is 12.4. The van der Waals surface area contributed by atoms with Crippen molar-refractivity contribution in [2.45, 2.75) is 50.7 Å². The maximum absolute atomic E-state index is 12.4. The highest BCUT2D eigenvalue weighted by Gasteiger charge is 2.34. The molecular weight excluding hydrogens is 370 g/mol. The molecule has 3 atom stereocenters. The van der Waals surface area contributed by atoms with Crippen molar-refractivity contribution in [3.8, 4) is 0 Å². The Bertz CT molecular complexity index is 634. The van der Waals surface area contributed by atoms with Crippen LogP contribution >= 0.6 is 0 Å². The van der Waals surface area contributed by atoms with Crippen molar-refractivity contribution in [2.75, 3.05) is 26.2 Å². The van der Waals surface area contributed by atoms with Crippen molar-refractivity contribution in [1.82, 2.24) is 26.2 Å². The summed E-state index contributed by atoms with van der Waals surface area (Å²) in [6, 6.07) is -2.05. The molecule has 5 N–H and O–H groups in total. The molecule has 0 bridgehead atoms. The Balaban J connectivity index is 1.77. The fourth-order valence-corrected chi connectivity index (χ4v) is 3.27. The second-order valence-corrected chi connectivity index (χ2v) is 6.96. The molecule has 0 aromatic carbocycles. The number of carboxylic acid groups (broad SMARTS) is 1. The Morgan fingerprint density at radius 3 is 2.43 bits per heavy atom. The van der Waals surface area contributed by atoms with Gasteiger partial charge in [0, 0.05) is 6.54 Å². The van der Waals surface area contributed by atoms with Crippen molar-refractivity contribution in [3.63, 3.8) is 0 Å². The zero-order valence-electron chi connectivity index (χ0n) is 15.8. The summed E-state index contributed by atoms with van der Waals surface area (Å²) in [5.74, 6) is -2.87. The molecule has 0 aromatic heterocycles. The fourth-order valence-electron chi connectivity index (χ4n) is 3.27. The van der Waals surface area contributed by atoms with Crippen molar-refractivity contribution in [1.29, 1.82) is 0 Å². The third-order valence-electron chi connectivity index (χ3n) is 4.84. The Morgan fingerprint density at radius 1 is 1.07 bits per heavy atom. The quantitative estimate of drug-likeness (QED) is 0.304. The first-order valence-electron chi connectivity index (χ1n) is 9.40. The number of likely N-dealkylation sites (tertiary alicyclic amines) is 1. The summed E-state index contributed by atoms with van der Waals surface area (Å²) >= 11 is 0. The highest BCUT2D eigenvalue weighted by atomic mass is 16.4. The first-order valence-corrected chi connectivity index (χ1v) is 9.40. The molecule has 0 saturated carbocycles. The van der Waals surface area contributed by atoms with Crippen LogP contribution in [0.25, 0.3) is 0 Å².